The molecule has 0 saturated carbocycles. The molecule has 0 spiro atoms. The molecule has 1 aliphatic rings. The molecule has 1 N–H and O–H groups in total. The van der Waals surface area contributed by atoms with Crippen LogP contribution in [0.25, 0.3) is 0 Å². The van der Waals surface area contributed by atoms with Gasteiger partial charge in [-0.05, 0) is 25.0 Å². The number of morpholine rings is 1. The van der Waals surface area contributed by atoms with Crippen LogP contribution in [0.4, 0.5) is 23.2 Å². The number of ether oxygens (including phenoxy) is 1. The Morgan fingerprint density at radius 2 is 1.48 bits per heavy atom. The molecule has 1 fully saturated rings. The average Bonchev–Trinajstić information content (AvgIpc) is 2.60. The first kappa shape index (κ1) is 19.6. The molecule has 2 atom stereocenters. The summed E-state index contributed by atoms with van der Waals surface area (Å²) in [4.78, 5) is 4.83. The molecule has 1 aromatic heterocycles. The number of pyridine rings is 1. The van der Waals surface area contributed by atoms with Crippen molar-refractivity contribution < 1.29 is 22.3 Å². The molecule has 146 valence electrons. The first-order valence-electron chi connectivity index (χ1n) is 8.73. The van der Waals surface area contributed by atoms with Gasteiger partial charge in [0.05, 0.1) is 12.2 Å². The van der Waals surface area contributed by atoms with Gasteiger partial charge in [-0.15, -0.1) is 0 Å². The second-order valence-corrected chi connectivity index (χ2v) is 6.82. The molecular formula is C19H21F4N3O. The lowest BCUT2D eigenvalue weighted by Crippen LogP contribution is -2.44. The minimum atomic E-state index is -1.68. The number of nitrogens with zero attached hydrogens (tertiary/aromatic N) is 2. The van der Waals surface area contributed by atoms with E-state index in [0.717, 1.165) is 30.8 Å². The quantitative estimate of drug-likeness (QED) is 0.629. The molecule has 0 aliphatic carbocycles. The van der Waals surface area contributed by atoms with E-state index in [9.17, 15) is 17.6 Å². The summed E-state index contributed by atoms with van der Waals surface area (Å²) in [5, 5.41) is 2.39. The predicted octanol–water partition coefficient (Wildman–Crippen LogP) is 3.86. The summed E-state index contributed by atoms with van der Waals surface area (Å²) in [7, 11) is 0. The van der Waals surface area contributed by atoms with Gasteiger partial charge in [-0.1, -0.05) is 24.3 Å². The number of nitrogens with one attached hydrogen (secondary N) is 1. The van der Waals surface area contributed by atoms with E-state index in [4.69, 9.17) is 4.74 Å². The molecule has 2 heterocycles. The fourth-order valence-electron chi connectivity index (χ4n) is 3.27. The minimum Gasteiger partial charge on any atom is -0.376 e. The van der Waals surface area contributed by atoms with Gasteiger partial charge < -0.3 is 10.1 Å². The minimum absolute atomic E-state index is 0.0165. The smallest absolute Gasteiger partial charge is 0.253 e. The molecule has 0 bridgehead atoms. The zero-order valence-electron chi connectivity index (χ0n) is 15.1. The molecule has 2 aromatic rings. The van der Waals surface area contributed by atoms with Crippen molar-refractivity contribution in [1.29, 1.82) is 0 Å². The van der Waals surface area contributed by atoms with Crippen molar-refractivity contribution in [3.8, 4) is 0 Å². The van der Waals surface area contributed by atoms with E-state index in [-0.39, 0.29) is 18.8 Å². The molecule has 0 radical (unpaired) electrons. The lowest BCUT2D eigenvalue weighted by molar-refractivity contribution is -0.0704. The SMILES string of the molecule is CC1CN(Cc2ccc(CNc3c(F)c(F)nc(F)c3F)cc2)CC(C)O1. The van der Waals surface area contributed by atoms with E-state index in [1.807, 2.05) is 26.0 Å². The highest BCUT2D eigenvalue weighted by atomic mass is 19.2. The average molecular weight is 383 g/mol. The summed E-state index contributed by atoms with van der Waals surface area (Å²) in [5.41, 5.74) is 0.956. The highest BCUT2D eigenvalue weighted by Crippen LogP contribution is 2.23. The normalized spacial score (nSPS) is 20.7. The van der Waals surface area contributed by atoms with Gasteiger partial charge in [0.2, 0.25) is 11.6 Å². The third kappa shape index (κ3) is 4.75. The Morgan fingerprint density at radius 3 is 2.04 bits per heavy atom. The van der Waals surface area contributed by atoms with Crippen LogP contribution in [0.15, 0.2) is 24.3 Å². The summed E-state index contributed by atoms with van der Waals surface area (Å²) in [6, 6.07) is 7.45. The second kappa shape index (κ2) is 8.22. The molecule has 8 heteroatoms. The van der Waals surface area contributed by atoms with Gasteiger partial charge in [0.15, 0.2) is 0 Å². The Balaban J connectivity index is 1.62. The molecule has 1 aromatic carbocycles. The first-order chi connectivity index (χ1) is 12.8. The van der Waals surface area contributed by atoms with E-state index in [2.05, 4.69) is 15.2 Å². The number of rotatable bonds is 5. The van der Waals surface area contributed by atoms with Crippen LogP contribution in [0.1, 0.15) is 25.0 Å². The van der Waals surface area contributed by atoms with E-state index in [1.165, 1.54) is 0 Å². The summed E-state index contributed by atoms with van der Waals surface area (Å²) in [5.74, 6) is -6.44. The monoisotopic (exact) mass is 383 g/mol. The van der Waals surface area contributed by atoms with Crippen molar-refractivity contribution in [3.63, 3.8) is 0 Å². The van der Waals surface area contributed by atoms with Crippen LogP contribution in [-0.4, -0.2) is 35.2 Å². The molecule has 27 heavy (non-hydrogen) atoms. The Morgan fingerprint density at radius 1 is 0.963 bits per heavy atom. The molecule has 1 saturated heterocycles. The van der Waals surface area contributed by atoms with Gasteiger partial charge in [-0.3, -0.25) is 4.90 Å². The number of aromatic nitrogens is 1. The van der Waals surface area contributed by atoms with Gasteiger partial charge in [0, 0.05) is 26.2 Å². The summed E-state index contributed by atoms with van der Waals surface area (Å²) < 4.78 is 59.2. The highest BCUT2D eigenvalue weighted by molar-refractivity contribution is 5.46. The van der Waals surface area contributed by atoms with Crippen LogP contribution >= 0.6 is 0 Å². The third-order valence-electron chi connectivity index (χ3n) is 4.39. The Bertz CT molecular complexity index is 764. The van der Waals surface area contributed by atoms with E-state index >= 15 is 0 Å². The van der Waals surface area contributed by atoms with Crippen molar-refractivity contribution in [2.75, 3.05) is 18.4 Å². The lowest BCUT2D eigenvalue weighted by Gasteiger charge is -2.35. The highest BCUT2D eigenvalue weighted by Gasteiger charge is 2.22. The summed E-state index contributed by atoms with van der Waals surface area (Å²) in [6.07, 6.45) is 0.367. The maximum Gasteiger partial charge on any atom is 0.253 e. The van der Waals surface area contributed by atoms with Gasteiger partial charge in [-0.2, -0.15) is 22.5 Å². The summed E-state index contributed by atoms with van der Waals surface area (Å²) in [6.45, 7) is 6.58. The third-order valence-corrected chi connectivity index (χ3v) is 4.39. The van der Waals surface area contributed by atoms with Crippen molar-refractivity contribution in [1.82, 2.24) is 9.88 Å². The molecular weight excluding hydrogens is 362 g/mol. The second-order valence-electron chi connectivity index (χ2n) is 6.82. The molecule has 1 aliphatic heterocycles. The number of halogens is 4. The van der Waals surface area contributed by atoms with Crippen LogP contribution in [0.3, 0.4) is 0 Å². The van der Waals surface area contributed by atoms with Crippen LogP contribution in [0, 0.1) is 23.5 Å². The van der Waals surface area contributed by atoms with Gasteiger partial charge >= 0.3 is 0 Å². The van der Waals surface area contributed by atoms with Crippen molar-refractivity contribution >= 4 is 5.69 Å². The van der Waals surface area contributed by atoms with Crippen molar-refractivity contribution in [2.45, 2.75) is 39.1 Å². The Kier molecular flexibility index (Phi) is 5.96. The van der Waals surface area contributed by atoms with Crippen molar-refractivity contribution in [3.05, 3.63) is 58.9 Å². The van der Waals surface area contributed by atoms with E-state index in [1.54, 1.807) is 12.1 Å². The van der Waals surface area contributed by atoms with Crippen LogP contribution in [0.5, 0.6) is 0 Å². The maximum atomic E-state index is 13.6. The van der Waals surface area contributed by atoms with Crippen molar-refractivity contribution in [2.24, 2.45) is 0 Å². The number of benzene rings is 1. The van der Waals surface area contributed by atoms with Gasteiger partial charge in [-0.25, -0.2) is 0 Å². The van der Waals surface area contributed by atoms with Crippen LogP contribution in [0.2, 0.25) is 0 Å². The van der Waals surface area contributed by atoms with Gasteiger partial charge in [0.1, 0.15) is 5.69 Å². The fourth-order valence-corrected chi connectivity index (χ4v) is 3.27. The molecule has 3 rings (SSSR count). The van der Waals surface area contributed by atoms with Crippen LogP contribution in [-0.2, 0) is 17.8 Å². The van der Waals surface area contributed by atoms with E-state index < -0.39 is 29.2 Å². The fraction of sp³-hybridized carbons (Fsp3) is 0.421. The predicted molar refractivity (Wildman–Crippen MR) is 93.1 cm³/mol. The lowest BCUT2D eigenvalue weighted by atomic mass is 10.1. The Hall–Kier alpha value is -2.19. The number of hydrogen-bond donors (Lipinski definition) is 1. The first-order valence-corrected chi connectivity index (χ1v) is 8.73. The zero-order chi connectivity index (χ0) is 19.6. The molecule has 4 nitrogen and oxygen atoms in total. The van der Waals surface area contributed by atoms with Gasteiger partial charge in [0.25, 0.3) is 11.9 Å². The molecule has 0 amide bonds. The summed E-state index contributed by atoms with van der Waals surface area (Å²) >= 11 is 0. The molecule has 2 unspecified atom stereocenters. The van der Waals surface area contributed by atoms with E-state index in [0.29, 0.717) is 0 Å². The number of hydrogen-bond acceptors (Lipinski definition) is 4. The topological polar surface area (TPSA) is 37.4 Å². The largest absolute Gasteiger partial charge is 0.376 e. The Labute approximate surface area is 155 Å². The van der Waals surface area contributed by atoms with Crippen LogP contribution < -0.4 is 5.32 Å². The standard InChI is InChI=1S/C19H21F4N3O/c1-11-8-26(9-12(2)27-11)10-14-5-3-13(4-6-14)7-24-17-15(20)18(22)25-19(23)16(17)21/h3-6,11-12H,7-10H2,1-2H3,(H,24,25). The zero-order valence-corrected chi connectivity index (χ0v) is 15.1. The number of anilines is 1. The maximum absolute atomic E-state index is 13.6.